The lowest BCUT2D eigenvalue weighted by Gasteiger charge is -2.26. The molecule has 9 nitrogen and oxygen atoms in total. The van der Waals surface area contributed by atoms with Crippen LogP contribution in [0.5, 0.6) is 0 Å². The van der Waals surface area contributed by atoms with Crippen LogP contribution < -0.4 is 5.32 Å². The van der Waals surface area contributed by atoms with Crippen LogP contribution in [-0.4, -0.2) is 75.5 Å². The predicted molar refractivity (Wildman–Crippen MR) is 156 cm³/mol. The number of carbonyl (C=O) groups is 2. The number of amides is 2. The maximum Gasteiger partial charge on any atom is 0.258 e. The van der Waals surface area contributed by atoms with E-state index in [0.29, 0.717) is 24.6 Å². The number of carbonyl (C=O) groups excluding carboxylic acids is 2. The second kappa shape index (κ2) is 11.9. The molecule has 212 valence electrons. The van der Waals surface area contributed by atoms with E-state index in [0.717, 1.165) is 73.3 Å². The predicted octanol–water partition coefficient (Wildman–Crippen LogP) is 4.57. The largest absolute Gasteiger partial charge is 0.380 e. The maximum atomic E-state index is 13.5. The van der Waals surface area contributed by atoms with E-state index in [-0.39, 0.29) is 24.0 Å². The van der Waals surface area contributed by atoms with Crippen LogP contribution in [0.25, 0.3) is 11.0 Å². The standard InChI is InChI=1S/C31H40N6O3/c1-6-28(38)36-11-8-7-9-25(18-36)37-29-20(2)13-23(17-35-12-10-26(19-35)40-5)16-27(29)33-31(37)34-30(39)24-14-21(3)32-22(4)15-24/h6,13-16,25-26H,1,7-12,17-19H2,2-5H3,(H,33,34,39)/t25-,26+/m1/s1. The molecular weight excluding hydrogens is 504 g/mol. The molecule has 0 bridgehead atoms. The number of rotatable bonds is 7. The number of nitrogens with one attached hydrogen (secondary N) is 1. The van der Waals surface area contributed by atoms with E-state index in [9.17, 15) is 9.59 Å². The van der Waals surface area contributed by atoms with E-state index >= 15 is 0 Å². The van der Waals surface area contributed by atoms with Crippen molar-refractivity contribution in [1.29, 1.82) is 0 Å². The van der Waals surface area contributed by atoms with Crippen LogP contribution in [0.2, 0.25) is 0 Å². The Hall–Kier alpha value is -3.56. The molecule has 2 saturated heterocycles. The number of aryl methyl sites for hydroxylation is 3. The fraction of sp³-hybridized carbons (Fsp3) is 0.484. The topological polar surface area (TPSA) is 92.6 Å². The fourth-order valence-corrected chi connectivity index (χ4v) is 6.23. The summed E-state index contributed by atoms with van der Waals surface area (Å²) >= 11 is 0. The van der Waals surface area contributed by atoms with Crippen LogP contribution in [0.1, 0.15) is 64.6 Å². The van der Waals surface area contributed by atoms with Crippen molar-refractivity contribution < 1.29 is 14.3 Å². The molecule has 0 radical (unpaired) electrons. The maximum absolute atomic E-state index is 13.5. The van der Waals surface area contributed by atoms with E-state index in [4.69, 9.17) is 9.72 Å². The van der Waals surface area contributed by atoms with Crippen molar-refractivity contribution in [2.75, 3.05) is 38.6 Å². The van der Waals surface area contributed by atoms with Gasteiger partial charge in [0.2, 0.25) is 11.9 Å². The normalized spacial score (nSPS) is 20.1. The van der Waals surface area contributed by atoms with Crippen LogP contribution >= 0.6 is 0 Å². The third-order valence-corrected chi connectivity index (χ3v) is 8.07. The molecule has 0 aliphatic carbocycles. The molecule has 0 spiro atoms. The van der Waals surface area contributed by atoms with E-state index in [1.165, 1.54) is 11.6 Å². The second-order valence-electron chi connectivity index (χ2n) is 11.2. The molecule has 0 saturated carbocycles. The summed E-state index contributed by atoms with van der Waals surface area (Å²) in [5.41, 5.74) is 6.26. The van der Waals surface area contributed by atoms with Gasteiger partial charge in [-0.15, -0.1) is 0 Å². The first-order valence-electron chi connectivity index (χ1n) is 14.2. The highest BCUT2D eigenvalue weighted by Gasteiger charge is 2.28. The number of ether oxygens (including phenoxy) is 1. The van der Waals surface area contributed by atoms with Crippen molar-refractivity contribution >= 4 is 28.8 Å². The number of pyridine rings is 1. The fourth-order valence-electron chi connectivity index (χ4n) is 6.23. The first-order valence-corrected chi connectivity index (χ1v) is 14.2. The van der Waals surface area contributed by atoms with Gasteiger partial charge < -0.3 is 14.2 Å². The van der Waals surface area contributed by atoms with Gasteiger partial charge in [0, 0.05) is 56.8 Å². The molecule has 2 amide bonds. The minimum Gasteiger partial charge on any atom is -0.380 e. The number of methoxy groups -OCH3 is 1. The lowest BCUT2D eigenvalue weighted by molar-refractivity contribution is -0.126. The molecule has 2 fully saturated rings. The summed E-state index contributed by atoms with van der Waals surface area (Å²) in [6.07, 6.45) is 5.50. The molecule has 1 N–H and O–H groups in total. The van der Waals surface area contributed by atoms with Crippen molar-refractivity contribution in [2.24, 2.45) is 0 Å². The van der Waals surface area contributed by atoms with Gasteiger partial charge in [-0.3, -0.25) is 24.8 Å². The van der Waals surface area contributed by atoms with Crippen molar-refractivity contribution in [3.05, 3.63) is 65.0 Å². The van der Waals surface area contributed by atoms with Crippen LogP contribution in [-0.2, 0) is 16.1 Å². The smallest absolute Gasteiger partial charge is 0.258 e. The summed E-state index contributed by atoms with van der Waals surface area (Å²) in [4.78, 5) is 39.8. The highest BCUT2D eigenvalue weighted by Crippen LogP contribution is 2.33. The van der Waals surface area contributed by atoms with Gasteiger partial charge in [0.15, 0.2) is 0 Å². The Balaban J connectivity index is 1.54. The third-order valence-electron chi connectivity index (χ3n) is 8.07. The van der Waals surface area contributed by atoms with E-state index < -0.39 is 0 Å². The average Bonchev–Trinajstić information content (AvgIpc) is 3.43. The zero-order valence-corrected chi connectivity index (χ0v) is 24.1. The minimum atomic E-state index is -0.224. The monoisotopic (exact) mass is 544 g/mol. The van der Waals surface area contributed by atoms with Crippen molar-refractivity contribution in [1.82, 2.24) is 24.3 Å². The number of fused-ring (bicyclic) bond motifs is 1. The molecule has 9 heteroatoms. The van der Waals surface area contributed by atoms with Gasteiger partial charge in [-0.05, 0) is 81.9 Å². The van der Waals surface area contributed by atoms with Gasteiger partial charge in [0.25, 0.3) is 5.91 Å². The number of benzene rings is 1. The number of imidazole rings is 1. The Morgan fingerprint density at radius 2 is 1.82 bits per heavy atom. The molecule has 40 heavy (non-hydrogen) atoms. The zero-order valence-electron chi connectivity index (χ0n) is 24.1. The average molecular weight is 545 g/mol. The van der Waals surface area contributed by atoms with Crippen LogP contribution in [0.3, 0.4) is 0 Å². The Kier molecular flexibility index (Phi) is 8.32. The van der Waals surface area contributed by atoms with Crippen molar-refractivity contribution in [3.63, 3.8) is 0 Å². The Labute approximate surface area is 236 Å². The Morgan fingerprint density at radius 1 is 1.05 bits per heavy atom. The molecule has 0 unspecified atom stereocenters. The molecule has 3 aromatic rings. The van der Waals surface area contributed by atoms with Crippen molar-refractivity contribution in [3.8, 4) is 0 Å². The molecule has 2 aliphatic heterocycles. The number of likely N-dealkylation sites (tertiary alicyclic amines) is 2. The van der Waals surface area contributed by atoms with Gasteiger partial charge in [0.1, 0.15) is 0 Å². The van der Waals surface area contributed by atoms with Gasteiger partial charge in [-0.2, -0.15) is 0 Å². The summed E-state index contributed by atoms with van der Waals surface area (Å²) in [5.74, 6) is 0.216. The molecule has 2 aliphatic rings. The number of nitrogens with zero attached hydrogens (tertiary/aromatic N) is 5. The molecule has 5 rings (SSSR count). The van der Waals surface area contributed by atoms with E-state index in [1.54, 1.807) is 19.2 Å². The number of hydrogen-bond acceptors (Lipinski definition) is 6. The van der Waals surface area contributed by atoms with Crippen LogP contribution in [0.15, 0.2) is 36.9 Å². The lowest BCUT2D eigenvalue weighted by Crippen LogP contribution is -2.34. The summed E-state index contributed by atoms with van der Waals surface area (Å²) in [6, 6.07) is 7.92. The van der Waals surface area contributed by atoms with E-state index in [2.05, 4.69) is 45.4 Å². The summed E-state index contributed by atoms with van der Waals surface area (Å²) in [7, 11) is 1.78. The zero-order chi connectivity index (χ0) is 28.4. The second-order valence-corrected chi connectivity index (χ2v) is 11.2. The SMILES string of the molecule is C=CC(=O)N1CCCC[C@@H](n2c(NC(=O)c3cc(C)nc(C)c3)nc3cc(CN4CC[C@H](OC)C4)cc(C)c32)C1. The molecule has 1 aromatic carbocycles. The Morgan fingerprint density at radius 3 is 2.52 bits per heavy atom. The quantitative estimate of drug-likeness (QED) is 0.438. The highest BCUT2D eigenvalue weighted by molar-refractivity contribution is 6.04. The first-order chi connectivity index (χ1) is 19.2. The third kappa shape index (κ3) is 5.95. The summed E-state index contributed by atoms with van der Waals surface area (Å²) in [5, 5.41) is 3.11. The molecular formula is C31H40N6O3. The van der Waals surface area contributed by atoms with Crippen molar-refractivity contribution in [2.45, 2.75) is 65.1 Å². The number of anilines is 1. The van der Waals surface area contributed by atoms with E-state index in [1.807, 2.05) is 18.7 Å². The molecule has 4 heterocycles. The number of hydrogen-bond donors (Lipinski definition) is 1. The highest BCUT2D eigenvalue weighted by atomic mass is 16.5. The van der Waals surface area contributed by atoms with Gasteiger partial charge in [0.05, 0.1) is 23.2 Å². The molecule has 2 aromatic heterocycles. The molecule has 2 atom stereocenters. The van der Waals surface area contributed by atoms with Gasteiger partial charge in [-0.25, -0.2) is 4.98 Å². The van der Waals surface area contributed by atoms with Crippen LogP contribution in [0.4, 0.5) is 5.95 Å². The Bertz CT molecular complexity index is 1410. The van der Waals surface area contributed by atoms with Crippen LogP contribution in [0, 0.1) is 20.8 Å². The minimum absolute atomic E-state index is 0.0294. The van der Waals surface area contributed by atoms with Gasteiger partial charge >= 0.3 is 0 Å². The van der Waals surface area contributed by atoms with Gasteiger partial charge in [-0.1, -0.05) is 12.6 Å². The summed E-state index contributed by atoms with van der Waals surface area (Å²) < 4.78 is 7.71. The first kappa shape index (κ1) is 28.0. The lowest BCUT2D eigenvalue weighted by atomic mass is 10.1. The summed E-state index contributed by atoms with van der Waals surface area (Å²) in [6.45, 7) is 13.6. The number of aromatic nitrogens is 3.